The molecule has 14 heteroatoms. The molecule has 2 heterocycles. The van der Waals surface area contributed by atoms with E-state index >= 15 is 0 Å². The van der Waals surface area contributed by atoms with E-state index in [2.05, 4.69) is 31.3 Å². The van der Waals surface area contributed by atoms with E-state index in [4.69, 9.17) is 18.9 Å². The van der Waals surface area contributed by atoms with E-state index in [-0.39, 0.29) is 12.5 Å². The molecule has 0 aliphatic carbocycles. The van der Waals surface area contributed by atoms with E-state index in [9.17, 15) is 45.6 Å². The van der Waals surface area contributed by atoms with E-state index in [1.165, 1.54) is 276 Å². The number of unbranched alkanes of at least 4 members (excludes halogenated alkanes) is 48. The molecule has 87 heavy (non-hydrogen) atoms. The lowest BCUT2D eigenvalue weighted by Crippen LogP contribution is -2.65. The molecule has 2 rings (SSSR count). The first-order valence-electron chi connectivity index (χ1n) is 37.4. The monoisotopic (exact) mass is 1240 g/mol. The molecule has 2 fully saturated rings. The Hall–Kier alpha value is -1.27. The van der Waals surface area contributed by atoms with Crippen LogP contribution in [-0.2, 0) is 23.7 Å². The van der Waals surface area contributed by atoms with E-state index in [1.807, 2.05) is 0 Å². The second-order valence-electron chi connectivity index (χ2n) is 26.8. The van der Waals surface area contributed by atoms with Crippen molar-refractivity contribution in [2.75, 3.05) is 19.8 Å². The average Bonchev–Trinajstić information content (AvgIpc) is 2.50. The molecule has 2 saturated heterocycles. The number of rotatable bonds is 63. The van der Waals surface area contributed by atoms with Crippen LogP contribution in [0.25, 0.3) is 0 Å². The number of allylic oxidation sites excluding steroid dienone is 2. The third-order valence-corrected chi connectivity index (χ3v) is 18.7. The van der Waals surface area contributed by atoms with Gasteiger partial charge in [0.05, 0.1) is 32.0 Å². The number of ether oxygens (including phenoxy) is 4. The Morgan fingerprint density at radius 3 is 1.09 bits per heavy atom. The topological polar surface area (TPSA) is 228 Å². The van der Waals surface area contributed by atoms with E-state index in [0.29, 0.717) is 12.8 Å². The Morgan fingerprint density at radius 2 is 0.724 bits per heavy atom. The zero-order valence-electron chi connectivity index (χ0n) is 56.3. The highest BCUT2D eigenvalue weighted by molar-refractivity contribution is 5.76. The SMILES string of the molecule is CCCCCCCCCC/C=C\CCCCCCCCCCCCCCCC(=O)NC(COC1OC(CO)C(OC2OC(CO)C(O)C(O)C2O)C(O)C1O)C(O)CCCCCCCCCCCCCCCCCCCCCCCCCCCCCC. The van der Waals surface area contributed by atoms with Gasteiger partial charge < -0.3 is 65.1 Å². The van der Waals surface area contributed by atoms with Crippen molar-refractivity contribution in [2.24, 2.45) is 0 Å². The normalized spacial score (nSPS) is 23.2. The highest BCUT2D eigenvalue weighted by Gasteiger charge is 2.51. The molecule has 516 valence electrons. The summed E-state index contributed by atoms with van der Waals surface area (Å²) in [5.41, 5.74) is 0. The van der Waals surface area contributed by atoms with Gasteiger partial charge in [-0.3, -0.25) is 4.79 Å². The second kappa shape index (κ2) is 58.5. The van der Waals surface area contributed by atoms with Crippen LogP contribution in [0.1, 0.15) is 354 Å². The Bertz CT molecular complexity index is 1510. The zero-order valence-corrected chi connectivity index (χ0v) is 56.3. The van der Waals surface area contributed by atoms with Gasteiger partial charge >= 0.3 is 0 Å². The molecule has 0 aromatic rings. The minimum absolute atomic E-state index is 0.199. The lowest BCUT2D eigenvalue weighted by atomic mass is 9.97. The van der Waals surface area contributed by atoms with E-state index in [1.54, 1.807) is 0 Å². The van der Waals surface area contributed by atoms with E-state index in [0.717, 1.165) is 51.4 Å². The lowest BCUT2D eigenvalue weighted by molar-refractivity contribution is -0.359. The van der Waals surface area contributed by atoms with Gasteiger partial charge in [0, 0.05) is 6.42 Å². The summed E-state index contributed by atoms with van der Waals surface area (Å²) in [4.78, 5) is 13.4. The minimum Gasteiger partial charge on any atom is -0.394 e. The van der Waals surface area contributed by atoms with Crippen LogP contribution in [0.3, 0.4) is 0 Å². The lowest BCUT2D eigenvalue weighted by Gasteiger charge is -2.46. The summed E-state index contributed by atoms with van der Waals surface area (Å²) in [7, 11) is 0. The summed E-state index contributed by atoms with van der Waals surface area (Å²) in [6.07, 6.45) is 55.2. The second-order valence-corrected chi connectivity index (χ2v) is 26.8. The van der Waals surface area contributed by atoms with Crippen molar-refractivity contribution in [3.8, 4) is 0 Å². The van der Waals surface area contributed by atoms with Gasteiger partial charge in [-0.15, -0.1) is 0 Å². The summed E-state index contributed by atoms with van der Waals surface area (Å²) < 4.78 is 23.0. The predicted octanol–water partition coefficient (Wildman–Crippen LogP) is 15.7. The Labute approximate surface area is 533 Å². The molecule has 2 aliphatic rings. The zero-order chi connectivity index (χ0) is 63.1. The number of aliphatic hydroxyl groups excluding tert-OH is 8. The van der Waals surface area contributed by atoms with Gasteiger partial charge in [-0.2, -0.15) is 0 Å². The van der Waals surface area contributed by atoms with Gasteiger partial charge in [-0.1, -0.05) is 321 Å². The predicted molar refractivity (Wildman–Crippen MR) is 355 cm³/mol. The van der Waals surface area contributed by atoms with Crippen LogP contribution in [0.4, 0.5) is 0 Å². The maximum Gasteiger partial charge on any atom is 0.220 e. The molecule has 14 nitrogen and oxygen atoms in total. The van der Waals surface area contributed by atoms with Gasteiger partial charge in [0.1, 0.15) is 48.8 Å². The van der Waals surface area contributed by atoms with Gasteiger partial charge in [-0.25, -0.2) is 0 Å². The van der Waals surface area contributed by atoms with Gasteiger partial charge in [0.15, 0.2) is 12.6 Å². The van der Waals surface area contributed by atoms with Crippen molar-refractivity contribution >= 4 is 5.91 Å². The molecular weight excluding hydrogens is 1100 g/mol. The van der Waals surface area contributed by atoms with Crippen molar-refractivity contribution < 1.29 is 64.6 Å². The van der Waals surface area contributed by atoms with Crippen molar-refractivity contribution in [1.29, 1.82) is 0 Å². The molecule has 12 unspecified atom stereocenters. The Kier molecular flexibility index (Phi) is 55.1. The van der Waals surface area contributed by atoms with Crippen molar-refractivity contribution in [3.05, 3.63) is 12.2 Å². The van der Waals surface area contributed by atoms with Crippen LogP contribution in [0.2, 0.25) is 0 Å². The maximum atomic E-state index is 13.4. The fraction of sp³-hybridized carbons (Fsp3) is 0.959. The van der Waals surface area contributed by atoms with Crippen LogP contribution in [-0.4, -0.2) is 140 Å². The molecule has 2 aliphatic heterocycles. The average molecular weight is 1240 g/mol. The van der Waals surface area contributed by atoms with Crippen molar-refractivity contribution in [1.82, 2.24) is 5.32 Å². The largest absolute Gasteiger partial charge is 0.394 e. The fourth-order valence-corrected chi connectivity index (χ4v) is 12.8. The van der Waals surface area contributed by atoms with Crippen LogP contribution in [0, 0.1) is 0 Å². The van der Waals surface area contributed by atoms with Crippen molar-refractivity contribution in [3.63, 3.8) is 0 Å². The fourth-order valence-electron chi connectivity index (χ4n) is 12.8. The van der Waals surface area contributed by atoms with Crippen LogP contribution >= 0.6 is 0 Å². The highest BCUT2D eigenvalue weighted by Crippen LogP contribution is 2.30. The number of carbonyl (C=O) groups excluding carboxylic acids is 1. The van der Waals surface area contributed by atoms with Gasteiger partial charge in [0.25, 0.3) is 0 Å². The molecule has 0 aromatic heterocycles. The number of aliphatic hydroxyl groups is 8. The van der Waals surface area contributed by atoms with E-state index < -0.39 is 86.8 Å². The first-order chi connectivity index (χ1) is 42.6. The Morgan fingerprint density at radius 1 is 0.402 bits per heavy atom. The number of hydrogen-bond donors (Lipinski definition) is 9. The molecule has 0 aromatic carbocycles. The molecule has 0 saturated carbocycles. The first-order valence-corrected chi connectivity index (χ1v) is 37.4. The molecule has 0 radical (unpaired) electrons. The van der Waals surface area contributed by atoms with Crippen LogP contribution < -0.4 is 5.32 Å². The number of hydrogen-bond acceptors (Lipinski definition) is 13. The van der Waals surface area contributed by atoms with Crippen LogP contribution in [0.15, 0.2) is 12.2 Å². The molecule has 12 atom stereocenters. The summed E-state index contributed by atoms with van der Waals surface area (Å²) in [5.74, 6) is -0.199. The minimum atomic E-state index is -1.78. The standard InChI is InChI=1S/C73H141NO13/c1-3-5-7-9-11-13-15-17-19-21-23-25-27-29-30-31-33-34-36-38-40-42-44-46-48-50-52-54-56-62(77)61(60-84-72-70(83)68(81)71(64(59-76)86-72)87-73-69(82)67(80)66(79)63(58-75)85-73)74-65(78)57-55-53-51-49-47-45-43-41-39-37-35-32-28-26-24-22-20-18-16-14-12-10-8-6-4-2/h22,24,61-64,66-73,75-77,79-83H,3-21,23,25-60H2,1-2H3,(H,74,78)/b24-22-. The van der Waals surface area contributed by atoms with Gasteiger partial charge in [-0.05, 0) is 38.5 Å². The molecule has 0 spiro atoms. The summed E-state index contributed by atoms with van der Waals surface area (Å²) in [6, 6.07) is -0.827. The third kappa shape index (κ3) is 42.6. The third-order valence-electron chi connectivity index (χ3n) is 18.7. The molecule has 9 N–H and O–H groups in total. The van der Waals surface area contributed by atoms with Gasteiger partial charge in [0.2, 0.25) is 5.91 Å². The maximum absolute atomic E-state index is 13.4. The number of nitrogens with one attached hydrogen (secondary N) is 1. The quantitative estimate of drug-likeness (QED) is 0.0204. The first kappa shape index (κ1) is 81.8. The molecular formula is C73H141NO13. The number of carbonyl (C=O) groups is 1. The summed E-state index contributed by atoms with van der Waals surface area (Å²) in [6.45, 7) is 2.93. The highest BCUT2D eigenvalue weighted by atomic mass is 16.7. The summed E-state index contributed by atoms with van der Waals surface area (Å²) in [5, 5.41) is 87.7. The molecule has 0 bridgehead atoms. The molecule has 1 amide bonds. The summed E-state index contributed by atoms with van der Waals surface area (Å²) >= 11 is 0. The smallest absolute Gasteiger partial charge is 0.220 e. The van der Waals surface area contributed by atoms with Crippen LogP contribution in [0.5, 0.6) is 0 Å². The Balaban J connectivity index is 1.64. The number of amides is 1. The van der Waals surface area contributed by atoms with Crippen molar-refractivity contribution in [2.45, 2.75) is 428 Å².